The Bertz CT molecular complexity index is 1190. The van der Waals surface area contributed by atoms with Crippen molar-refractivity contribution in [1.82, 2.24) is 10.2 Å². The second kappa shape index (κ2) is 12.8. The largest absolute Gasteiger partial charge is 0.352 e. The van der Waals surface area contributed by atoms with Crippen LogP contribution in [0.3, 0.4) is 0 Å². The highest BCUT2D eigenvalue weighted by Gasteiger charge is 2.33. The number of hydrogen-bond acceptors (Lipinski definition) is 4. The number of carbonyl (C=O) groups is 2. The van der Waals surface area contributed by atoms with Gasteiger partial charge in [-0.2, -0.15) is 0 Å². The molecule has 1 aliphatic rings. The van der Waals surface area contributed by atoms with E-state index in [1.165, 1.54) is 11.3 Å². The molecule has 9 heteroatoms. The molecule has 1 fully saturated rings. The average molecular weight is 548 g/mol. The van der Waals surface area contributed by atoms with Crippen LogP contribution in [0.2, 0.25) is 5.02 Å². The van der Waals surface area contributed by atoms with Crippen LogP contribution < -0.4 is 9.62 Å². The number of carbonyl (C=O) groups excluding carboxylic acids is 2. The van der Waals surface area contributed by atoms with Crippen LogP contribution >= 0.6 is 11.6 Å². The summed E-state index contributed by atoms with van der Waals surface area (Å²) in [6.45, 7) is 5.32. The number of rotatable bonds is 10. The fourth-order valence-electron chi connectivity index (χ4n) is 4.83. The number of nitrogens with one attached hydrogen (secondary N) is 1. The fraction of sp³-hybridized carbons (Fsp3) is 0.500. The Morgan fingerprint density at radius 3 is 2.30 bits per heavy atom. The molecule has 0 unspecified atom stereocenters. The molecule has 0 saturated heterocycles. The summed E-state index contributed by atoms with van der Waals surface area (Å²) in [7, 11) is -3.77. The molecule has 0 heterocycles. The van der Waals surface area contributed by atoms with Gasteiger partial charge in [0.05, 0.1) is 11.9 Å². The number of nitrogens with zero attached hydrogens (tertiary/aromatic N) is 2. The Morgan fingerprint density at radius 1 is 1.05 bits per heavy atom. The molecule has 7 nitrogen and oxygen atoms in total. The zero-order valence-electron chi connectivity index (χ0n) is 22.2. The van der Waals surface area contributed by atoms with Gasteiger partial charge in [-0.1, -0.05) is 62.1 Å². The summed E-state index contributed by atoms with van der Waals surface area (Å²) < 4.78 is 26.8. The molecule has 0 aromatic heterocycles. The van der Waals surface area contributed by atoms with Crippen LogP contribution in [0, 0.1) is 13.8 Å². The van der Waals surface area contributed by atoms with Gasteiger partial charge in [-0.05, 0) is 68.0 Å². The Hall–Kier alpha value is -2.58. The number of benzene rings is 2. The smallest absolute Gasteiger partial charge is 0.244 e. The van der Waals surface area contributed by atoms with Gasteiger partial charge in [0, 0.05) is 17.6 Å². The average Bonchev–Trinajstić information content (AvgIpc) is 2.85. The van der Waals surface area contributed by atoms with Gasteiger partial charge in [0.15, 0.2) is 0 Å². The van der Waals surface area contributed by atoms with Crippen molar-refractivity contribution in [3.05, 3.63) is 64.2 Å². The first-order valence-electron chi connectivity index (χ1n) is 12.9. The molecule has 1 saturated carbocycles. The third-order valence-corrected chi connectivity index (χ3v) is 8.29. The molecule has 0 bridgehead atoms. The van der Waals surface area contributed by atoms with Crippen molar-refractivity contribution >= 4 is 39.1 Å². The minimum absolute atomic E-state index is 0.102. The molecule has 2 aromatic rings. The molecule has 37 heavy (non-hydrogen) atoms. The SMILES string of the molecule is CC[C@@H](C(=O)NC1CCCCC1)N(Cc1ccc(Cl)cc1)C(=O)CN(c1cc(C)ccc1C)S(C)(=O)=O. The molecule has 3 rings (SSSR count). The van der Waals surface area contributed by atoms with E-state index in [-0.39, 0.29) is 18.5 Å². The van der Waals surface area contributed by atoms with Crippen LogP contribution in [0.25, 0.3) is 0 Å². The van der Waals surface area contributed by atoms with Crippen LogP contribution in [0.4, 0.5) is 5.69 Å². The van der Waals surface area contributed by atoms with E-state index in [2.05, 4.69) is 5.32 Å². The van der Waals surface area contributed by atoms with Crippen molar-refractivity contribution < 1.29 is 18.0 Å². The predicted octanol–water partition coefficient (Wildman–Crippen LogP) is 4.98. The van der Waals surface area contributed by atoms with E-state index in [9.17, 15) is 18.0 Å². The number of halogens is 1. The molecule has 202 valence electrons. The first kappa shape index (κ1) is 29.0. The Kier molecular flexibility index (Phi) is 10.0. The van der Waals surface area contributed by atoms with Crippen LogP contribution in [-0.4, -0.2) is 50.0 Å². The highest BCUT2D eigenvalue weighted by molar-refractivity contribution is 7.92. The summed E-state index contributed by atoms with van der Waals surface area (Å²) in [4.78, 5) is 28.8. The molecule has 2 aromatic carbocycles. The second-order valence-electron chi connectivity index (χ2n) is 9.98. The lowest BCUT2D eigenvalue weighted by Gasteiger charge is -2.34. The summed E-state index contributed by atoms with van der Waals surface area (Å²) in [5, 5.41) is 3.72. The molecule has 1 atom stereocenters. The summed E-state index contributed by atoms with van der Waals surface area (Å²) >= 11 is 6.06. The van der Waals surface area contributed by atoms with Gasteiger partial charge in [0.2, 0.25) is 21.8 Å². The predicted molar refractivity (Wildman–Crippen MR) is 149 cm³/mol. The Morgan fingerprint density at radius 2 is 1.70 bits per heavy atom. The number of sulfonamides is 1. The lowest BCUT2D eigenvalue weighted by atomic mass is 9.95. The maximum absolute atomic E-state index is 13.9. The van der Waals surface area contributed by atoms with Gasteiger partial charge in [-0.15, -0.1) is 0 Å². The maximum Gasteiger partial charge on any atom is 0.244 e. The van der Waals surface area contributed by atoms with Crippen LogP contribution in [0.5, 0.6) is 0 Å². The number of hydrogen-bond donors (Lipinski definition) is 1. The van der Waals surface area contributed by atoms with Gasteiger partial charge >= 0.3 is 0 Å². The fourth-order valence-corrected chi connectivity index (χ4v) is 5.86. The van der Waals surface area contributed by atoms with Crippen molar-refractivity contribution in [1.29, 1.82) is 0 Å². The van der Waals surface area contributed by atoms with Crippen LogP contribution in [0.1, 0.15) is 62.1 Å². The highest BCUT2D eigenvalue weighted by Crippen LogP contribution is 2.25. The van der Waals surface area contributed by atoms with Gasteiger partial charge in [-0.3, -0.25) is 13.9 Å². The summed E-state index contributed by atoms with van der Waals surface area (Å²) in [6.07, 6.45) is 6.69. The van der Waals surface area contributed by atoms with Gasteiger partial charge in [-0.25, -0.2) is 8.42 Å². The molecular weight excluding hydrogens is 510 g/mol. The Labute approximate surface area is 226 Å². The topological polar surface area (TPSA) is 86.8 Å². The summed E-state index contributed by atoms with van der Waals surface area (Å²) in [5.41, 5.74) is 2.90. The Balaban J connectivity index is 1.93. The van der Waals surface area contributed by atoms with Crippen molar-refractivity contribution in [3.8, 4) is 0 Å². The van der Waals surface area contributed by atoms with Crippen molar-refractivity contribution in [3.63, 3.8) is 0 Å². The van der Waals surface area contributed by atoms with Crippen molar-refractivity contribution in [2.75, 3.05) is 17.1 Å². The zero-order valence-corrected chi connectivity index (χ0v) is 23.7. The van der Waals surface area contributed by atoms with E-state index in [4.69, 9.17) is 11.6 Å². The van der Waals surface area contributed by atoms with Gasteiger partial charge < -0.3 is 10.2 Å². The third-order valence-electron chi connectivity index (χ3n) is 6.92. The number of aryl methyl sites for hydroxylation is 2. The third kappa shape index (κ3) is 7.95. The molecule has 1 aliphatic carbocycles. The van der Waals surface area contributed by atoms with E-state index in [1.807, 2.05) is 45.0 Å². The van der Waals surface area contributed by atoms with E-state index in [1.54, 1.807) is 18.2 Å². The lowest BCUT2D eigenvalue weighted by molar-refractivity contribution is -0.140. The molecule has 0 aliphatic heterocycles. The quantitative estimate of drug-likeness (QED) is 0.454. The van der Waals surface area contributed by atoms with E-state index >= 15 is 0 Å². The standard InChI is InChI=1S/C28H38ClN3O4S/c1-5-25(28(34)30-24-9-7-6-8-10-24)31(18-22-13-15-23(29)16-14-22)27(33)19-32(37(4,35)36)26-17-20(2)11-12-21(26)3/h11-17,24-25H,5-10,18-19H2,1-4H3,(H,30,34)/t25-/m0/s1. The van der Waals surface area contributed by atoms with Crippen molar-refractivity contribution in [2.45, 2.75) is 77.9 Å². The minimum atomic E-state index is -3.77. The lowest BCUT2D eigenvalue weighted by Crippen LogP contribution is -2.54. The number of amides is 2. The first-order chi connectivity index (χ1) is 17.5. The van der Waals surface area contributed by atoms with Gasteiger partial charge in [0.1, 0.15) is 12.6 Å². The summed E-state index contributed by atoms with van der Waals surface area (Å²) in [5.74, 6) is -0.638. The van der Waals surface area contributed by atoms with E-state index in [0.29, 0.717) is 17.1 Å². The monoisotopic (exact) mass is 547 g/mol. The second-order valence-corrected chi connectivity index (χ2v) is 12.3. The molecular formula is C28H38ClN3O4S. The summed E-state index contributed by atoms with van der Waals surface area (Å²) in [6, 6.07) is 12.0. The normalized spacial score (nSPS) is 15.2. The highest BCUT2D eigenvalue weighted by atomic mass is 35.5. The van der Waals surface area contributed by atoms with Crippen LogP contribution in [0.15, 0.2) is 42.5 Å². The van der Waals surface area contributed by atoms with Crippen LogP contribution in [-0.2, 0) is 26.2 Å². The van der Waals surface area contributed by atoms with Crippen molar-refractivity contribution in [2.24, 2.45) is 0 Å². The van der Waals surface area contributed by atoms with E-state index in [0.717, 1.165) is 52.9 Å². The van der Waals surface area contributed by atoms with Gasteiger partial charge in [0.25, 0.3) is 0 Å². The molecule has 2 amide bonds. The molecule has 0 radical (unpaired) electrons. The minimum Gasteiger partial charge on any atom is -0.352 e. The maximum atomic E-state index is 13.9. The zero-order chi connectivity index (χ0) is 27.2. The number of anilines is 1. The van der Waals surface area contributed by atoms with E-state index < -0.39 is 28.5 Å². The first-order valence-corrected chi connectivity index (χ1v) is 15.1. The molecule has 0 spiro atoms. The molecule has 1 N–H and O–H groups in total.